The van der Waals surface area contributed by atoms with E-state index in [4.69, 9.17) is 0 Å². The van der Waals surface area contributed by atoms with Crippen molar-refractivity contribution in [3.8, 4) is 11.3 Å². The monoisotopic (exact) mass is 330 g/mol. The molecule has 1 aliphatic rings. The molecule has 128 valence electrons. The topological polar surface area (TPSA) is 61.0 Å². The quantitative estimate of drug-likeness (QED) is 0.886. The summed E-state index contributed by atoms with van der Waals surface area (Å²) in [6, 6.07) is 7.84. The Balaban J connectivity index is 1.61. The summed E-state index contributed by atoms with van der Waals surface area (Å²) in [6.45, 7) is 2.61. The smallest absolute Gasteiger partial charge is 0.271 e. The maximum absolute atomic E-state index is 13.0. The molecule has 0 bridgehead atoms. The van der Waals surface area contributed by atoms with E-state index < -0.39 is 0 Å². The number of hydrogen-bond acceptors (Lipinski definition) is 3. The molecule has 0 unspecified atom stereocenters. The Morgan fingerprint density at radius 3 is 2.71 bits per heavy atom. The van der Waals surface area contributed by atoms with Crippen molar-refractivity contribution >= 4 is 5.91 Å². The molecule has 0 atom stereocenters. The molecule has 24 heavy (non-hydrogen) atoms. The number of H-pyrrole nitrogens is 1. The van der Waals surface area contributed by atoms with Crippen LogP contribution in [0.15, 0.2) is 30.3 Å². The van der Waals surface area contributed by atoms with Gasteiger partial charge in [0.2, 0.25) is 0 Å². The van der Waals surface area contributed by atoms with Crippen LogP contribution < -0.4 is 5.32 Å². The zero-order valence-electron chi connectivity index (χ0n) is 13.9. The third-order valence-electron chi connectivity index (χ3n) is 4.65. The lowest BCUT2D eigenvalue weighted by atomic mass is 9.93. The van der Waals surface area contributed by atoms with Crippen LogP contribution >= 0.6 is 0 Å². The highest BCUT2D eigenvalue weighted by Crippen LogP contribution is 2.23. The summed E-state index contributed by atoms with van der Waals surface area (Å²) >= 11 is 0. The predicted octanol–water partition coefficient (Wildman–Crippen LogP) is 2.68. The summed E-state index contributed by atoms with van der Waals surface area (Å²) in [5.41, 5.74) is 1.93. The number of amides is 1. The Kier molecular flexibility index (Phi) is 5.25. The van der Waals surface area contributed by atoms with E-state index in [-0.39, 0.29) is 11.7 Å². The standard InChI is InChI=1S/C18H23FN4O/c1-20-9-6-13-7-10-23(11-8-13)18(24)17-12-16(21-22-17)14-2-4-15(19)5-3-14/h2-5,12-13,20H,6-11H2,1H3,(H,21,22). The number of halogens is 1. The molecule has 3 rings (SSSR count). The Morgan fingerprint density at radius 1 is 1.33 bits per heavy atom. The van der Waals surface area contributed by atoms with Crippen molar-refractivity contribution in [2.75, 3.05) is 26.7 Å². The normalized spacial score (nSPS) is 15.7. The van der Waals surface area contributed by atoms with Gasteiger partial charge in [0, 0.05) is 18.7 Å². The van der Waals surface area contributed by atoms with Crippen LogP contribution in [0.1, 0.15) is 29.8 Å². The Bertz CT molecular complexity index is 675. The summed E-state index contributed by atoms with van der Waals surface area (Å²) in [5, 5.41) is 10.2. The molecule has 0 saturated carbocycles. The zero-order valence-corrected chi connectivity index (χ0v) is 13.9. The molecule has 2 N–H and O–H groups in total. The van der Waals surface area contributed by atoms with Gasteiger partial charge in [-0.2, -0.15) is 5.10 Å². The average Bonchev–Trinajstić information content (AvgIpc) is 3.10. The molecular formula is C18H23FN4O. The fraction of sp³-hybridized carbons (Fsp3) is 0.444. The van der Waals surface area contributed by atoms with Gasteiger partial charge in [-0.05, 0) is 69.1 Å². The lowest BCUT2D eigenvalue weighted by Gasteiger charge is -2.31. The number of nitrogens with zero attached hydrogens (tertiary/aromatic N) is 2. The van der Waals surface area contributed by atoms with E-state index in [9.17, 15) is 9.18 Å². The van der Waals surface area contributed by atoms with Gasteiger partial charge in [0.1, 0.15) is 11.5 Å². The van der Waals surface area contributed by atoms with Crippen molar-refractivity contribution in [3.63, 3.8) is 0 Å². The van der Waals surface area contributed by atoms with Crippen LogP contribution in [0, 0.1) is 11.7 Å². The first-order valence-corrected chi connectivity index (χ1v) is 8.42. The van der Waals surface area contributed by atoms with Gasteiger partial charge >= 0.3 is 0 Å². The van der Waals surface area contributed by atoms with Crippen LogP contribution in [0.3, 0.4) is 0 Å². The van der Waals surface area contributed by atoms with Crippen LogP contribution in [0.2, 0.25) is 0 Å². The molecule has 0 radical (unpaired) electrons. The van der Waals surface area contributed by atoms with Crippen LogP contribution in [-0.4, -0.2) is 47.7 Å². The number of carbonyl (C=O) groups excluding carboxylic acids is 1. The van der Waals surface area contributed by atoms with Crippen LogP contribution in [0.5, 0.6) is 0 Å². The molecule has 1 saturated heterocycles. The maximum Gasteiger partial charge on any atom is 0.271 e. The molecule has 0 aliphatic carbocycles. The number of benzene rings is 1. The minimum absolute atomic E-state index is 0.0112. The molecule has 1 amide bonds. The van der Waals surface area contributed by atoms with Gasteiger partial charge in [0.05, 0.1) is 5.69 Å². The minimum atomic E-state index is -0.285. The molecule has 5 nitrogen and oxygen atoms in total. The average molecular weight is 330 g/mol. The molecular weight excluding hydrogens is 307 g/mol. The first kappa shape index (κ1) is 16.6. The van der Waals surface area contributed by atoms with E-state index in [2.05, 4.69) is 15.5 Å². The summed E-state index contributed by atoms with van der Waals surface area (Å²) in [7, 11) is 1.97. The maximum atomic E-state index is 13.0. The van der Waals surface area contributed by atoms with Crippen molar-refractivity contribution in [1.82, 2.24) is 20.4 Å². The fourth-order valence-corrected chi connectivity index (χ4v) is 3.14. The van der Waals surface area contributed by atoms with E-state index >= 15 is 0 Å². The number of likely N-dealkylation sites (tertiary alicyclic amines) is 1. The molecule has 1 fully saturated rings. The number of aromatic amines is 1. The van der Waals surface area contributed by atoms with Gasteiger partial charge < -0.3 is 10.2 Å². The van der Waals surface area contributed by atoms with Gasteiger partial charge in [-0.15, -0.1) is 0 Å². The first-order valence-electron chi connectivity index (χ1n) is 8.42. The third-order valence-corrected chi connectivity index (χ3v) is 4.65. The van der Waals surface area contributed by atoms with E-state index in [1.165, 1.54) is 12.1 Å². The number of piperidine rings is 1. The number of rotatable bonds is 5. The molecule has 2 heterocycles. The lowest BCUT2D eigenvalue weighted by Crippen LogP contribution is -2.39. The summed E-state index contributed by atoms with van der Waals surface area (Å²) in [6.07, 6.45) is 3.26. The van der Waals surface area contributed by atoms with Crippen LogP contribution in [0.4, 0.5) is 4.39 Å². The second-order valence-corrected chi connectivity index (χ2v) is 6.30. The molecule has 1 aromatic heterocycles. The van der Waals surface area contributed by atoms with Crippen LogP contribution in [-0.2, 0) is 0 Å². The Hall–Kier alpha value is -2.21. The zero-order chi connectivity index (χ0) is 16.9. The number of nitrogens with one attached hydrogen (secondary N) is 2. The van der Waals surface area contributed by atoms with Crippen molar-refractivity contribution in [1.29, 1.82) is 0 Å². The minimum Gasteiger partial charge on any atom is -0.337 e. The Morgan fingerprint density at radius 2 is 2.04 bits per heavy atom. The highest BCUT2D eigenvalue weighted by molar-refractivity contribution is 5.93. The van der Waals surface area contributed by atoms with E-state index in [1.807, 2.05) is 11.9 Å². The van der Waals surface area contributed by atoms with Gasteiger partial charge in [0.25, 0.3) is 5.91 Å². The number of aromatic nitrogens is 2. The first-order chi connectivity index (χ1) is 11.7. The van der Waals surface area contributed by atoms with E-state index in [0.717, 1.165) is 44.5 Å². The highest BCUT2D eigenvalue weighted by Gasteiger charge is 2.24. The molecule has 6 heteroatoms. The SMILES string of the molecule is CNCCC1CCN(C(=O)c2cc(-c3ccc(F)cc3)n[nH]2)CC1. The second kappa shape index (κ2) is 7.57. The van der Waals surface area contributed by atoms with Gasteiger partial charge in [-0.3, -0.25) is 9.89 Å². The van der Waals surface area contributed by atoms with Crippen LogP contribution in [0.25, 0.3) is 11.3 Å². The predicted molar refractivity (Wildman–Crippen MR) is 91.2 cm³/mol. The third kappa shape index (κ3) is 3.82. The van der Waals surface area contributed by atoms with Crippen molar-refractivity contribution in [3.05, 3.63) is 41.8 Å². The van der Waals surface area contributed by atoms with Gasteiger partial charge in [-0.25, -0.2) is 4.39 Å². The highest BCUT2D eigenvalue weighted by atomic mass is 19.1. The van der Waals surface area contributed by atoms with Crippen molar-refractivity contribution in [2.24, 2.45) is 5.92 Å². The van der Waals surface area contributed by atoms with E-state index in [1.54, 1.807) is 18.2 Å². The molecule has 1 aromatic carbocycles. The number of hydrogen-bond donors (Lipinski definition) is 2. The summed E-state index contributed by atoms with van der Waals surface area (Å²) in [4.78, 5) is 14.5. The summed E-state index contributed by atoms with van der Waals surface area (Å²) in [5.74, 6) is 0.396. The second-order valence-electron chi connectivity index (χ2n) is 6.30. The molecule has 0 spiro atoms. The largest absolute Gasteiger partial charge is 0.337 e. The lowest BCUT2D eigenvalue weighted by molar-refractivity contribution is 0.0681. The number of carbonyl (C=O) groups is 1. The summed E-state index contributed by atoms with van der Waals surface area (Å²) < 4.78 is 13.0. The fourth-order valence-electron chi connectivity index (χ4n) is 3.14. The van der Waals surface area contributed by atoms with Gasteiger partial charge in [0.15, 0.2) is 0 Å². The van der Waals surface area contributed by atoms with Gasteiger partial charge in [-0.1, -0.05) is 0 Å². The Labute approximate surface area is 141 Å². The van der Waals surface area contributed by atoms with Crippen molar-refractivity contribution < 1.29 is 9.18 Å². The van der Waals surface area contributed by atoms with Crippen molar-refractivity contribution in [2.45, 2.75) is 19.3 Å². The molecule has 2 aromatic rings. The molecule has 1 aliphatic heterocycles. The van der Waals surface area contributed by atoms with E-state index in [0.29, 0.717) is 17.3 Å².